The second-order valence-corrected chi connectivity index (χ2v) is 11.8. The van der Waals surface area contributed by atoms with E-state index in [0.717, 1.165) is 39.0 Å². The molecule has 0 aromatic carbocycles. The summed E-state index contributed by atoms with van der Waals surface area (Å²) in [5.41, 5.74) is 0.549. The predicted molar refractivity (Wildman–Crippen MR) is 67.3 cm³/mol. The summed E-state index contributed by atoms with van der Waals surface area (Å²) < 4.78 is 0.835. The molecule has 0 aliphatic heterocycles. The molecule has 0 saturated heterocycles. The molecule has 1 aliphatic rings. The predicted octanol–water partition coefficient (Wildman–Crippen LogP) is 3.84. The molecule has 0 unspecified atom stereocenters. The van der Waals surface area contributed by atoms with Gasteiger partial charge in [-0.25, -0.2) is 0 Å². The molecule has 0 spiro atoms. The van der Waals surface area contributed by atoms with E-state index in [-0.39, 0.29) is 0 Å². The van der Waals surface area contributed by atoms with Gasteiger partial charge < -0.3 is 0 Å². The molecule has 1 saturated carbocycles. The van der Waals surface area contributed by atoms with Crippen LogP contribution in [0, 0.1) is 11.3 Å². The van der Waals surface area contributed by atoms with E-state index < -0.39 is 0 Å². The molecular formula is C12H24Se2. The average Bonchev–Trinajstić information content (AvgIpc) is 2.16. The van der Waals surface area contributed by atoms with Crippen molar-refractivity contribution in [1.82, 2.24) is 0 Å². The van der Waals surface area contributed by atoms with Crippen LogP contribution < -0.4 is 0 Å². The van der Waals surface area contributed by atoms with Gasteiger partial charge in [0.2, 0.25) is 0 Å². The fraction of sp³-hybridized carbons (Fsp3) is 1.00. The van der Waals surface area contributed by atoms with Crippen molar-refractivity contribution in [2.75, 3.05) is 0 Å². The molecule has 1 rings (SSSR count). The molecule has 0 N–H and O–H groups in total. The van der Waals surface area contributed by atoms with Crippen molar-refractivity contribution in [2.45, 2.75) is 61.3 Å². The third-order valence-electron chi connectivity index (χ3n) is 3.72. The second-order valence-electron chi connectivity index (χ2n) is 5.46. The van der Waals surface area contributed by atoms with E-state index in [4.69, 9.17) is 0 Å². The van der Waals surface area contributed by atoms with Gasteiger partial charge in [-0.3, -0.25) is 0 Å². The minimum absolute atomic E-state index is 0.549. The fourth-order valence-electron chi connectivity index (χ4n) is 2.42. The Kier molecular flexibility index (Phi) is 4.60. The number of hydrogen-bond donors (Lipinski definition) is 0. The van der Waals surface area contributed by atoms with E-state index in [0.29, 0.717) is 5.41 Å². The Bertz CT molecular complexity index is 167. The molecule has 0 radical (unpaired) electrons. The van der Waals surface area contributed by atoms with Gasteiger partial charge in [0.1, 0.15) is 0 Å². The van der Waals surface area contributed by atoms with Crippen LogP contribution in [0.1, 0.15) is 46.5 Å². The molecule has 0 aromatic rings. The first kappa shape index (κ1) is 13.1. The van der Waals surface area contributed by atoms with Crippen LogP contribution in [0.4, 0.5) is 0 Å². The zero-order valence-electron chi connectivity index (χ0n) is 10.2. The molecule has 1 aliphatic carbocycles. The molecule has 14 heavy (non-hydrogen) atoms. The molecule has 0 nitrogen and oxygen atoms in total. The van der Waals surface area contributed by atoms with Crippen LogP contribution in [0.25, 0.3) is 0 Å². The standard InChI is InChI=1S/C12H24Se2/c1-11(2,3)10-6-8-12(13-4,14-5)9-7-10/h10H,6-9H2,1-5H3. The summed E-state index contributed by atoms with van der Waals surface area (Å²) in [6.07, 6.45) is 6.05. The summed E-state index contributed by atoms with van der Waals surface area (Å²) in [4.78, 5) is 0. The molecule has 84 valence electrons. The van der Waals surface area contributed by atoms with E-state index in [9.17, 15) is 0 Å². The van der Waals surface area contributed by atoms with Crippen LogP contribution >= 0.6 is 0 Å². The second kappa shape index (κ2) is 4.91. The quantitative estimate of drug-likeness (QED) is 0.676. The van der Waals surface area contributed by atoms with Gasteiger partial charge in [0.05, 0.1) is 0 Å². The van der Waals surface area contributed by atoms with Crippen molar-refractivity contribution in [3.05, 3.63) is 0 Å². The van der Waals surface area contributed by atoms with Gasteiger partial charge in [-0.2, -0.15) is 0 Å². The molecule has 0 bridgehead atoms. The first-order valence-electron chi connectivity index (χ1n) is 5.54. The fourth-order valence-corrected chi connectivity index (χ4v) is 7.28. The zero-order valence-corrected chi connectivity index (χ0v) is 13.6. The Balaban J connectivity index is 2.53. The van der Waals surface area contributed by atoms with Crippen molar-refractivity contribution < 1.29 is 0 Å². The van der Waals surface area contributed by atoms with E-state index in [1.807, 2.05) is 0 Å². The van der Waals surface area contributed by atoms with Crippen LogP contribution in [0.15, 0.2) is 0 Å². The van der Waals surface area contributed by atoms with Crippen molar-refractivity contribution in [1.29, 1.82) is 0 Å². The first-order chi connectivity index (χ1) is 6.43. The van der Waals surface area contributed by atoms with Crippen LogP contribution in [-0.2, 0) is 0 Å². The molecule has 2 heteroatoms. The number of hydrogen-bond acceptors (Lipinski definition) is 0. The Morgan fingerprint density at radius 3 is 1.71 bits per heavy atom. The van der Waals surface area contributed by atoms with Gasteiger partial charge in [-0.05, 0) is 0 Å². The molecule has 0 atom stereocenters. The van der Waals surface area contributed by atoms with Crippen LogP contribution in [0.2, 0.25) is 14.9 Å². The topological polar surface area (TPSA) is 0 Å². The van der Waals surface area contributed by atoms with Gasteiger partial charge in [0.25, 0.3) is 0 Å². The zero-order chi connectivity index (χ0) is 10.8. The molecule has 1 fully saturated rings. The third-order valence-corrected chi connectivity index (χ3v) is 12.2. The van der Waals surface area contributed by atoms with Gasteiger partial charge in [-0.15, -0.1) is 0 Å². The van der Waals surface area contributed by atoms with Crippen LogP contribution in [0.5, 0.6) is 0 Å². The maximum absolute atomic E-state index is 2.45. The maximum atomic E-state index is 2.45. The van der Waals surface area contributed by atoms with Gasteiger partial charge in [0.15, 0.2) is 0 Å². The number of rotatable bonds is 2. The normalized spacial score (nSPS) is 23.8. The van der Waals surface area contributed by atoms with E-state index in [2.05, 4.69) is 32.4 Å². The Hall–Kier alpha value is 1.04. The molecule has 0 amide bonds. The Morgan fingerprint density at radius 1 is 1.00 bits per heavy atom. The summed E-state index contributed by atoms with van der Waals surface area (Å²) in [6, 6.07) is 0. The monoisotopic (exact) mass is 328 g/mol. The van der Waals surface area contributed by atoms with Crippen molar-refractivity contribution in [3.8, 4) is 0 Å². The summed E-state index contributed by atoms with van der Waals surface area (Å²) in [7, 11) is 0. The third kappa shape index (κ3) is 3.01. The summed E-state index contributed by atoms with van der Waals surface area (Å²) in [5, 5.41) is 0. The van der Waals surface area contributed by atoms with Crippen molar-refractivity contribution in [2.24, 2.45) is 11.3 Å². The summed E-state index contributed by atoms with van der Waals surface area (Å²) in [6.45, 7) is 7.25. The Labute approximate surface area is 102 Å². The Morgan fingerprint density at radius 2 is 1.43 bits per heavy atom. The molecule has 0 heterocycles. The summed E-state index contributed by atoms with van der Waals surface area (Å²) >= 11 is 1.76. The SMILES string of the molecule is C[Se]C1([Se]C)CCC(C(C)(C)C)CC1. The van der Waals surface area contributed by atoms with Gasteiger partial charge >= 0.3 is 103 Å². The van der Waals surface area contributed by atoms with Crippen LogP contribution in [0.3, 0.4) is 0 Å². The van der Waals surface area contributed by atoms with E-state index in [1.165, 1.54) is 25.7 Å². The first-order valence-corrected chi connectivity index (χ1v) is 10.7. The van der Waals surface area contributed by atoms with Gasteiger partial charge in [-0.1, -0.05) is 0 Å². The van der Waals surface area contributed by atoms with Gasteiger partial charge in [0, 0.05) is 0 Å². The minimum atomic E-state index is 0.549. The van der Waals surface area contributed by atoms with Crippen molar-refractivity contribution >= 4 is 29.9 Å². The van der Waals surface area contributed by atoms with Crippen molar-refractivity contribution in [3.63, 3.8) is 0 Å². The summed E-state index contributed by atoms with van der Waals surface area (Å²) in [5.74, 6) is 5.89. The van der Waals surface area contributed by atoms with Crippen LogP contribution in [-0.4, -0.2) is 29.9 Å². The van der Waals surface area contributed by atoms with E-state index in [1.54, 1.807) is 0 Å². The van der Waals surface area contributed by atoms with E-state index >= 15 is 0 Å². The molecule has 0 aromatic heterocycles. The average molecular weight is 326 g/mol. The molecular weight excluding hydrogens is 302 g/mol.